The molecule has 0 radical (unpaired) electrons. The number of rotatable bonds is 4. The van der Waals surface area contributed by atoms with E-state index < -0.39 is 23.3 Å². The van der Waals surface area contributed by atoms with Crippen molar-refractivity contribution in [3.05, 3.63) is 24.0 Å². The fourth-order valence-electron chi connectivity index (χ4n) is 1.40. The summed E-state index contributed by atoms with van der Waals surface area (Å²) in [7, 11) is 0. The first kappa shape index (κ1) is 15.6. The normalized spacial score (nSPS) is 10.8. The molecule has 108 valence electrons. The minimum absolute atomic E-state index is 0.290. The number of carboxylic acids is 1. The van der Waals surface area contributed by atoms with Crippen LogP contribution in [-0.2, 0) is 9.59 Å². The van der Waals surface area contributed by atoms with E-state index in [0.29, 0.717) is 5.69 Å². The second-order valence-electron chi connectivity index (χ2n) is 5.06. The maximum Gasteiger partial charge on any atom is 0.325 e. The Morgan fingerprint density at radius 2 is 2.00 bits per heavy atom. The summed E-state index contributed by atoms with van der Waals surface area (Å²) >= 11 is 0. The molecule has 1 aromatic heterocycles. The van der Waals surface area contributed by atoms with Crippen molar-refractivity contribution in [2.75, 3.05) is 5.32 Å². The number of aromatic nitrogens is 1. The Morgan fingerprint density at radius 1 is 1.35 bits per heavy atom. The van der Waals surface area contributed by atoms with E-state index in [0.717, 1.165) is 5.56 Å². The molecule has 3 N–H and O–H groups in total. The number of aliphatic carboxylic acids is 1. The van der Waals surface area contributed by atoms with Gasteiger partial charge in [0, 0.05) is 12.6 Å². The highest BCUT2D eigenvalue weighted by Crippen LogP contribution is 2.20. The highest BCUT2D eigenvalue weighted by molar-refractivity contribution is 6.02. The minimum Gasteiger partial charge on any atom is -0.481 e. The molecule has 1 heterocycles. The van der Waals surface area contributed by atoms with Crippen LogP contribution in [0.5, 0.6) is 0 Å². The number of aryl methyl sites for hydroxylation is 1. The Labute approximate surface area is 116 Å². The average Bonchev–Trinajstić information content (AvgIpc) is 2.30. The van der Waals surface area contributed by atoms with Gasteiger partial charge in [-0.3, -0.25) is 19.9 Å². The zero-order valence-corrected chi connectivity index (χ0v) is 11.6. The number of carbonyl (C=O) groups excluding carboxylic acids is 2. The zero-order chi connectivity index (χ0) is 15.3. The first-order valence-electron chi connectivity index (χ1n) is 5.97. The smallest absolute Gasteiger partial charge is 0.325 e. The molecule has 20 heavy (non-hydrogen) atoms. The molecule has 3 amide bonds. The zero-order valence-electron chi connectivity index (χ0n) is 11.6. The van der Waals surface area contributed by atoms with E-state index in [1.54, 1.807) is 19.2 Å². The molecule has 1 aromatic rings. The Morgan fingerprint density at radius 3 is 2.55 bits per heavy atom. The van der Waals surface area contributed by atoms with Gasteiger partial charge in [0.25, 0.3) is 0 Å². The van der Waals surface area contributed by atoms with E-state index in [1.165, 1.54) is 20.0 Å². The fourth-order valence-corrected chi connectivity index (χ4v) is 1.40. The molecule has 0 bridgehead atoms. The quantitative estimate of drug-likeness (QED) is 0.774. The molecule has 0 aromatic carbocycles. The highest BCUT2D eigenvalue weighted by Gasteiger charge is 2.30. The molecule has 0 aliphatic rings. The number of anilines is 1. The molecule has 7 nitrogen and oxygen atoms in total. The molecular weight excluding hydrogens is 262 g/mol. The Kier molecular flexibility index (Phi) is 4.79. The second-order valence-corrected chi connectivity index (χ2v) is 5.06. The van der Waals surface area contributed by atoms with E-state index in [2.05, 4.69) is 15.6 Å². The largest absolute Gasteiger partial charge is 0.481 e. The Balaban J connectivity index is 2.57. The van der Waals surface area contributed by atoms with Gasteiger partial charge in [0.1, 0.15) is 0 Å². The van der Waals surface area contributed by atoms with Crippen molar-refractivity contribution in [2.45, 2.75) is 27.2 Å². The topological polar surface area (TPSA) is 108 Å². The van der Waals surface area contributed by atoms with Crippen molar-refractivity contribution in [1.29, 1.82) is 0 Å². The molecule has 0 aliphatic heterocycles. The molecule has 0 saturated heterocycles. The van der Waals surface area contributed by atoms with Gasteiger partial charge < -0.3 is 10.4 Å². The van der Waals surface area contributed by atoms with Crippen molar-refractivity contribution >= 4 is 23.6 Å². The predicted octanol–water partition coefficient (Wildman–Crippen LogP) is 1.54. The van der Waals surface area contributed by atoms with Crippen LogP contribution in [0.3, 0.4) is 0 Å². The van der Waals surface area contributed by atoms with Crippen LogP contribution in [0.25, 0.3) is 0 Å². The number of nitrogens with one attached hydrogen (secondary N) is 2. The van der Waals surface area contributed by atoms with Crippen LogP contribution in [0.4, 0.5) is 10.5 Å². The number of amides is 3. The third-order valence-corrected chi connectivity index (χ3v) is 2.72. The van der Waals surface area contributed by atoms with E-state index in [9.17, 15) is 14.4 Å². The number of carboxylic acid groups (broad SMARTS) is 1. The summed E-state index contributed by atoms with van der Waals surface area (Å²) in [5.74, 6) is -1.76. The third kappa shape index (κ3) is 4.34. The van der Waals surface area contributed by atoms with Gasteiger partial charge in [0.05, 0.1) is 17.3 Å². The number of carbonyl (C=O) groups is 3. The number of urea groups is 1. The van der Waals surface area contributed by atoms with Crippen LogP contribution in [0, 0.1) is 12.3 Å². The summed E-state index contributed by atoms with van der Waals surface area (Å²) in [6.07, 6.45) is 2.75. The van der Waals surface area contributed by atoms with Crippen molar-refractivity contribution in [1.82, 2.24) is 10.3 Å². The average molecular weight is 279 g/mol. The van der Waals surface area contributed by atoms with Crippen molar-refractivity contribution in [3.63, 3.8) is 0 Å². The highest BCUT2D eigenvalue weighted by atomic mass is 16.4. The van der Waals surface area contributed by atoms with E-state index in [1.807, 2.05) is 0 Å². The Hall–Kier alpha value is -2.44. The first-order chi connectivity index (χ1) is 9.22. The first-order valence-corrected chi connectivity index (χ1v) is 5.97. The third-order valence-electron chi connectivity index (χ3n) is 2.72. The standard InChI is InChI=1S/C13H17N3O4/c1-8-4-5-14-7-9(8)15-12(20)16-10(17)6-13(2,3)11(18)19/h4-5,7H,6H2,1-3H3,(H,18,19)(H2,15,16,17,20). The predicted molar refractivity (Wildman–Crippen MR) is 72.2 cm³/mol. The molecule has 7 heteroatoms. The molecule has 0 atom stereocenters. The number of pyridine rings is 1. The molecule has 0 fully saturated rings. The van der Waals surface area contributed by atoms with Crippen LogP contribution in [0.15, 0.2) is 18.5 Å². The minimum atomic E-state index is -1.23. The van der Waals surface area contributed by atoms with Crippen LogP contribution >= 0.6 is 0 Å². The van der Waals surface area contributed by atoms with Gasteiger partial charge in [-0.1, -0.05) is 0 Å². The summed E-state index contributed by atoms with van der Waals surface area (Å²) in [5.41, 5.74) is 0.0537. The van der Waals surface area contributed by atoms with Crippen molar-refractivity contribution in [2.24, 2.45) is 5.41 Å². The lowest BCUT2D eigenvalue weighted by Crippen LogP contribution is -2.38. The monoisotopic (exact) mass is 279 g/mol. The molecule has 0 unspecified atom stereocenters. The summed E-state index contributed by atoms with van der Waals surface area (Å²) in [6, 6.07) is 0.998. The summed E-state index contributed by atoms with van der Waals surface area (Å²) < 4.78 is 0. The molecule has 0 aliphatic carbocycles. The maximum atomic E-state index is 11.6. The van der Waals surface area contributed by atoms with Gasteiger partial charge in [-0.25, -0.2) is 4.79 Å². The van der Waals surface area contributed by atoms with Gasteiger partial charge in [-0.15, -0.1) is 0 Å². The lowest BCUT2D eigenvalue weighted by atomic mass is 9.89. The van der Waals surface area contributed by atoms with Gasteiger partial charge in [-0.2, -0.15) is 0 Å². The molecule has 0 saturated carbocycles. The number of nitrogens with zero attached hydrogens (tertiary/aromatic N) is 1. The van der Waals surface area contributed by atoms with Gasteiger partial charge >= 0.3 is 12.0 Å². The molecule has 0 spiro atoms. The number of hydrogen-bond acceptors (Lipinski definition) is 4. The van der Waals surface area contributed by atoms with Crippen LogP contribution in [0.2, 0.25) is 0 Å². The van der Waals surface area contributed by atoms with Crippen LogP contribution in [0.1, 0.15) is 25.8 Å². The Bertz CT molecular complexity index is 540. The second kappa shape index (κ2) is 6.14. The molecule has 1 rings (SSSR count). The van der Waals surface area contributed by atoms with Crippen LogP contribution in [-0.4, -0.2) is 28.0 Å². The number of imide groups is 1. The SMILES string of the molecule is Cc1ccncc1NC(=O)NC(=O)CC(C)(C)C(=O)O. The van der Waals surface area contributed by atoms with Gasteiger partial charge in [0.15, 0.2) is 0 Å². The lowest BCUT2D eigenvalue weighted by Gasteiger charge is -2.18. The van der Waals surface area contributed by atoms with E-state index in [4.69, 9.17) is 5.11 Å². The molecular formula is C13H17N3O4. The van der Waals surface area contributed by atoms with E-state index >= 15 is 0 Å². The van der Waals surface area contributed by atoms with Crippen LogP contribution < -0.4 is 10.6 Å². The van der Waals surface area contributed by atoms with Gasteiger partial charge in [-0.05, 0) is 32.4 Å². The fraction of sp³-hybridized carbons (Fsp3) is 0.385. The van der Waals surface area contributed by atoms with Crippen molar-refractivity contribution in [3.8, 4) is 0 Å². The summed E-state index contributed by atoms with van der Waals surface area (Å²) in [6.45, 7) is 4.61. The van der Waals surface area contributed by atoms with E-state index in [-0.39, 0.29) is 6.42 Å². The lowest BCUT2D eigenvalue weighted by molar-refractivity contribution is -0.149. The number of hydrogen-bond donors (Lipinski definition) is 3. The maximum absolute atomic E-state index is 11.6. The summed E-state index contributed by atoms with van der Waals surface area (Å²) in [4.78, 5) is 38.0. The van der Waals surface area contributed by atoms with Crippen molar-refractivity contribution < 1.29 is 19.5 Å². The van der Waals surface area contributed by atoms with Gasteiger partial charge in [0.2, 0.25) is 5.91 Å². The summed E-state index contributed by atoms with van der Waals surface area (Å²) in [5, 5.41) is 13.5.